The first-order valence-corrected chi connectivity index (χ1v) is 7.21. The van der Waals surface area contributed by atoms with Crippen LogP contribution in [0.15, 0.2) is 53.0 Å². The van der Waals surface area contributed by atoms with Crippen LogP contribution in [0.3, 0.4) is 0 Å². The van der Waals surface area contributed by atoms with E-state index in [0.29, 0.717) is 5.02 Å². The third kappa shape index (κ3) is 4.54. The second-order valence-electron chi connectivity index (χ2n) is 4.12. The van der Waals surface area contributed by atoms with Crippen molar-refractivity contribution in [1.29, 1.82) is 0 Å². The second kappa shape index (κ2) is 7.31. The predicted molar refractivity (Wildman–Crippen MR) is 83.9 cm³/mol. The summed E-state index contributed by atoms with van der Waals surface area (Å²) in [5.41, 5.74) is 1.72. The number of esters is 1. The van der Waals surface area contributed by atoms with Gasteiger partial charge in [0.15, 0.2) is 0 Å². The molecule has 0 unspecified atom stereocenters. The summed E-state index contributed by atoms with van der Waals surface area (Å²) in [5.74, 6) is -0.319. The van der Waals surface area contributed by atoms with Crippen molar-refractivity contribution in [1.82, 2.24) is 0 Å². The zero-order chi connectivity index (χ0) is 14.4. The maximum Gasteiger partial charge on any atom is 0.325 e. The van der Waals surface area contributed by atoms with Crippen LogP contribution in [0.2, 0.25) is 5.02 Å². The maximum atomic E-state index is 11.7. The van der Waals surface area contributed by atoms with E-state index in [9.17, 15) is 4.79 Å². The molecule has 0 amide bonds. The Morgan fingerprint density at radius 3 is 2.75 bits per heavy atom. The molecule has 5 heteroatoms. The number of hydrogen-bond acceptors (Lipinski definition) is 3. The summed E-state index contributed by atoms with van der Waals surface area (Å²) in [4.78, 5) is 11.7. The standard InChI is InChI=1S/C15H13BrClNO2/c16-14-7-2-1-4-11(14)10-20-15(19)9-18-13-6-3-5-12(17)8-13/h1-8,18H,9-10H2. The van der Waals surface area contributed by atoms with Gasteiger partial charge in [0.05, 0.1) is 0 Å². The smallest absolute Gasteiger partial charge is 0.325 e. The average Bonchev–Trinajstić information content (AvgIpc) is 2.44. The minimum Gasteiger partial charge on any atom is -0.459 e. The van der Waals surface area contributed by atoms with E-state index in [4.69, 9.17) is 16.3 Å². The fraction of sp³-hybridized carbons (Fsp3) is 0.133. The zero-order valence-corrected chi connectivity index (χ0v) is 12.9. The first kappa shape index (κ1) is 14.9. The average molecular weight is 355 g/mol. The van der Waals surface area contributed by atoms with E-state index in [1.54, 1.807) is 12.1 Å². The Hall–Kier alpha value is -1.52. The molecule has 20 heavy (non-hydrogen) atoms. The summed E-state index contributed by atoms with van der Waals surface area (Å²) in [6.07, 6.45) is 0. The third-order valence-corrected chi connectivity index (χ3v) is 3.62. The van der Waals surface area contributed by atoms with Gasteiger partial charge < -0.3 is 10.1 Å². The Morgan fingerprint density at radius 2 is 2.00 bits per heavy atom. The molecular formula is C15H13BrClNO2. The van der Waals surface area contributed by atoms with E-state index in [2.05, 4.69) is 21.2 Å². The second-order valence-corrected chi connectivity index (χ2v) is 5.41. The lowest BCUT2D eigenvalue weighted by atomic mass is 10.2. The van der Waals surface area contributed by atoms with Crippen molar-refractivity contribution in [3.05, 3.63) is 63.6 Å². The van der Waals surface area contributed by atoms with Gasteiger partial charge in [-0.3, -0.25) is 4.79 Å². The summed E-state index contributed by atoms with van der Waals surface area (Å²) in [6, 6.07) is 14.8. The molecule has 0 saturated carbocycles. The number of anilines is 1. The molecule has 2 aromatic carbocycles. The van der Waals surface area contributed by atoms with E-state index in [-0.39, 0.29) is 19.1 Å². The molecule has 0 aliphatic carbocycles. The number of carbonyl (C=O) groups is 1. The van der Waals surface area contributed by atoms with Gasteiger partial charge in [0.1, 0.15) is 13.2 Å². The summed E-state index contributed by atoms with van der Waals surface area (Å²) in [7, 11) is 0. The maximum absolute atomic E-state index is 11.7. The van der Waals surface area contributed by atoms with Crippen LogP contribution in [0.1, 0.15) is 5.56 Å². The van der Waals surface area contributed by atoms with E-state index >= 15 is 0 Å². The van der Waals surface area contributed by atoms with Gasteiger partial charge in [-0.05, 0) is 24.3 Å². The van der Waals surface area contributed by atoms with E-state index in [0.717, 1.165) is 15.7 Å². The van der Waals surface area contributed by atoms with Crippen molar-refractivity contribution in [3.63, 3.8) is 0 Å². The molecule has 0 atom stereocenters. The first-order chi connectivity index (χ1) is 9.65. The molecule has 2 aromatic rings. The van der Waals surface area contributed by atoms with Crippen molar-refractivity contribution < 1.29 is 9.53 Å². The highest BCUT2D eigenvalue weighted by Crippen LogP contribution is 2.17. The van der Waals surface area contributed by atoms with Crippen LogP contribution in [0.5, 0.6) is 0 Å². The van der Waals surface area contributed by atoms with Crippen LogP contribution in [0, 0.1) is 0 Å². The minimum atomic E-state index is -0.319. The van der Waals surface area contributed by atoms with E-state index in [1.165, 1.54) is 0 Å². The molecule has 2 rings (SSSR count). The quantitative estimate of drug-likeness (QED) is 0.815. The fourth-order valence-electron chi connectivity index (χ4n) is 1.60. The number of hydrogen-bond donors (Lipinski definition) is 1. The van der Waals surface area contributed by atoms with Crippen LogP contribution in [0.25, 0.3) is 0 Å². The Bertz CT molecular complexity index is 604. The number of carbonyl (C=O) groups excluding carboxylic acids is 1. The van der Waals surface area contributed by atoms with E-state index in [1.807, 2.05) is 36.4 Å². The highest BCUT2D eigenvalue weighted by atomic mass is 79.9. The van der Waals surface area contributed by atoms with Crippen LogP contribution in [-0.4, -0.2) is 12.5 Å². The van der Waals surface area contributed by atoms with Gasteiger partial charge >= 0.3 is 5.97 Å². The lowest BCUT2D eigenvalue weighted by Crippen LogP contribution is -2.16. The summed E-state index contributed by atoms with van der Waals surface area (Å²) in [5, 5.41) is 3.59. The van der Waals surface area contributed by atoms with Gasteiger partial charge in [-0.2, -0.15) is 0 Å². The Labute approximate surface area is 131 Å². The van der Waals surface area contributed by atoms with Crippen molar-refractivity contribution >= 4 is 39.2 Å². The van der Waals surface area contributed by atoms with Gasteiger partial charge in [0.2, 0.25) is 0 Å². The summed E-state index contributed by atoms with van der Waals surface area (Å²) >= 11 is 9.27. The summed E-state index contributed by atoms with van der Waals surface area (Å²) < 4.78 is 6.12. The molecule has 0 fully saturated rings. The lowest BCUT2D eigenvalue weighted by molar-refractivity contribution is -0.142. The lowest BCUT2D eigenvalue weighted by Gasteiger charge is -2.08. The highest BCUT2D eigenvalue weighted by Gasteiger charge is 2.05. The molecule has 3 nitrogen and oxygen atoms in total. The van der Waals surface area contributed by atoms with Gasteiger partial charge in [-0.25, -0.2) is 0 Å². The SMILES string of the molecule is O=C(CNc1cccc(Cl)c1)OCc1ccccc1Br. The Balaban J connectivity index is 1.80. The molecule has 1 N–H and O–H groups in total. The number of ether oxygens (including phenoxy) is 1. The van der Waals surface area contributed by atoms with Crippen molar-refractivity contribution in [2.24, 2.45) is 0 Å². The summed E-state index contributed by atoms with van der Waals surface area (Å²) in [6.45, 7) is 0.349. The minimum absolute atomic E-state index is 0.102. The Morgan fingerprint density at radius 1 is 1.20 bits per heavy atom. The number of nitrogens with one attached hydrogen (secondary N) is 1. The van der Waals surface area contributed by atoms with Gasteiger partial charge in [0, 0.05) is 20.7 Å². The fourth-order valence-corrected chi connectivity index (χ4v) is 2.19. The van der Waals surface area contributed by atoms with Crippen molar-refractivity contribution in [2.45, 2.75) is 6.61 Å². The van der Waals surface area contributed by atoms with Gasteiger partial charge in [0.25, 0.3) is 0 Å². The molecule has 0 bridgehead atoms. The Kier molecular flexibility index (Phi) is 5.44. The monoisotopic (exact) mass is 353 g/mol. The molecular weight excluding hydrogens is 342 g/mol. The predicted octanol–water partition coefficient (Wildman–Crippen LogP) is 4.26. The number of benzene rings is 2. The largest absolute Gasteiger partial charge is 0.459 e. The van der Waals surface area contributed by atoms with E-state index < -0.39 is 0 Å². The molecule has 0 aliphatic rings. The van der Waals surface area contributed by atoms with Gasteiger partial charge in [-0.1, -0.05) is 51.8 Å². The molecule has 0 heterocycles. The number of rotatable bonds is 5. The topological polar surface area (TPSA) is 38.3 Å². The van der Waals surface area contributed by atoms with Gasteiger partial charge in [-0.15, -0.1) is 0 Å². The molecule has 0 aromatic heterocycles. The molecule has 104 valence electrons. The van der Waals surface area contributed by atoms with Crippen molar-refractivity contribution in [2.75, 3.05) is 11.9 Å². The van der Waals surface area contributed by atoms with Crippen LogP contribution < -0.4 is 5.32 Å². The molecule has 0 radical (unpaired) electrons. The number of halogens is 2. The molecule has 0 aliphatic heterocycles. The third-order valence-electron chi connectivity index (χ3n) is 2.61. The molecule has 0 spiro atoms. The normalized spacial score (nSPS) is 10.1. The zero-order valence-electron chi connectivity index (χ0n) is 10.6. The molecule has 0 saturated heterocycles. The van der Waals surface area contributed by atoms with Crippen LogP contribution in [0.4, 0.5) is 5.69 Å². The first-order valence-electron chi connectivity index (χ1n) is 6.03. The highest BCUT2D eigenvalue weighted by molar-refractivity contribution is 9.10. The van der Waals surface area contributed by atoms with Crippen molar-refractivity contribution in [3.8, 4) is 0 Å². The van der Waals surface area contributed by atoms with Crippen LogP contribution in [-0.2, 0) is 16.1 Å². The van der Waals surface area contributed by atoms with Crippen LogP contribution >= 0.6 is 27.5 Å².